The van der Waals surface area contributed by atoms with Crippen LogP contribution in [0.25, 0.3) is 11.1 Å². The monoisotopic (exact) mass is 390 g/mol. The Labute approximate surface area is 166 Å². The highest BCUT2D eigenvalue weighted by atomic mass is 35.5. The highest BCUT2D eigenvalue weighted by Crippen LogP contribution is 2.40. The van der Waals surface area contributed by atoms with Crippen molar-refractivity contribution in [2.45, 2.75) is 51.0 Å². The lowest BCUT2D eigenvalue weighted by Gasteiger charge is -2.29. The van der Waals surface area contributed by atoms with Crippen LogP contribution in [0.1, 0.15) is 49.7 Å². The normalized spacial score (nSPS) is 20.0. The second kappa shape index (κ2) is 9.68. The van der Waals surface area contributed by atoms with E-state index in [1.54, 1.807) is 7.11 Å². The molecule has 0 aliphatic heterocycles. The standard InChI is InChI=1S/C23H28ClFO2/c1-3-27-19-10-8-17(9-11-19)20-12-13-21(23(25)22(20)24)18-6-4-16(5-7-18)14-15-26-2/h4-7,12-13,17,19H,3,8-11,14-15H2,1-2H3. The van der Waals surface area contributed by atoms with E-state index in [0.29, 0.717) is 24.2 Å². The SMILES string of the molecule is CCOC1CCC(c2ccc(-c3ccc(CCOC)cc3)c(F)c2Cl)CC1. The zero-order valence-corrected chi connectivity index (χ0v) is 16.9. The van der Waals surface area contributed by atoms with Crippen LogP contribution in [-0.4, -0.2) is 26.4 Å². The van der Waals surface area contributed by atoms with Crippen molar-refractivity contribution in [3.8, 4) is 11.1 Å². The van der Waals surface area contributed by atoms with Gasteiger partial charge in [0.2, 0.25) is 0 Å². The van der Waals surface area contributed by atoms with Crippen LogP contribution in [0.2, 0.25) is 5.02 Å². The molecule has 1 aliphatic rings. The van der Waals surface area contributed by atoms with Crippen LogP contribution < -0.4 is 0 Å². The maximum absolute atomic E-state index is 15.0. The molecule has 0 bridgehead atoms. The molecule has 0 heterocycles. The van der Waals surface area contributed by atoms with Crippen molar-refractivity contribution in [3.63, 3.8) is 0 Å². The molecule has 0 aromatic heterocycles. The average Bonchev–Trinajstić information content (AvgIpc) is 2.70. The van der Waals surface area contributed by atoms with Crippen molar-refractivity contribution in [1.82, 2.24) is 0 Å². The van der Waals surface area contributed by atoms with Gasteiger partial charge in [0.15, 0.2) is 0 Å². The summed E-state index contributed by atoms with van der Waals surface area (Å²) < 4.78 is 25.8. The molecule has 3 rings (SSSR count). The van der Waals surface area contributed by atoms with Crippen LogP contribution in [-0.2, 0) is 15.9 Å². The van der Waals surface area contributed by atoms with Crippen LogP contribution >= 0.6 is 11.6 Å². The molecule has 146 valence electrons. The summed E-state index contributed by atoms with van der Waals surface area (Å²) in [6.07, 6.45) is 5.21. The van der Waals surface area contributed by atoms with E-state index in [1.165, 1.54) is 5.56 Å². The molecular weight excluding hydrogens is 363 g/mol. The Kier molecular flexibility index (Phi) is 7.28. The van der Waals surface area contributed by atoms with E-state index >= 15 is 4.39 Å². The van der Waals surface area contributed by atoms with E-state index in [1.807, 2.05) is 43.3 Å². The van der Waals surface area contributed by atoms with Crippen molar-refractivity contribution in [2.75, 3.05) is 20.3 Å². The van der Waals surface area contributed by atoms with Crippen LogP contribution in [0.5, 0.6) is 0 Å². The summed E-state index contributed by atoms with van der Waals surface area (Å²) in [7, 11) is 1.69. The second-order valence-electron chi connectivity index (χ2n) is 7.20. The van der Waals surface area contributed by atoms with E-state index in [0.717, 1.165) is 49.8 Å². The molecule has 2 nitrogen and oxygen atoms in total. The van der Waals surface area contributed by atoms with Gasteiger partial charge in [-0.2, -0.15) is 0 Å². The van der Waals surface area contributed by atoms with Crippen LogP contribution in [0.3, 0.4) is 0 Å². The predicted molar refractivity (Wildman–Crippen MR) is 109 cm³/mol. The van der Waals surface area contributed by atoms with Gasteiger partial charge in [-0.05, 0) is 61.6 Å². The molecular formula is C23H28ClFO2. The van der Waals surface area contributed by atoms with Gasteiger partial charge in [0.1, 0.15) is 5.82 Å². The number of benzene rings is 2. The molecule has 0 saturated heterocycles. The third-order valence-corrected chi connectivity index (χ3v) is 5.87. The summed E-state index contributed by atoms with van der Waals surface area (Å²) in [6.45, 7) is 3.46. The first-order valence-electron chi connectivity index (χ1n) is 9.81. The van der Waals surface area contributed by atoms with Gasteiger partial charge in [-0.1, -0.05) is 48.0 Å². The quantitative estimate of drug-likeness (QED) is 0.544. The lowest BCUT2D eigenvalue weighted by Crippen LogP contribution is -2.21. The van der Waals surface area contributed by atoms with Crippen LogP contribution in [0, 0.1) is 5.82 Å². The highest BCUT2D eigenvalue weighted by molar-refractivity contribution is 6.32. The van der Waals surface area contributed by atoms with Gasteiger partial charge in [0.25, 0.3) is 0 Å². The van der Waals surface area contributed by atoms with E-state index in [4.69, 9.17) is 21.1 Å². The number of hydrogen-bond acceptors (Lipinski definition) is 2. The minimum absolute atomic E-state index is 0.274. The lowest BCUT2D eigenvalue weighted by atomic mass is 9.82. The highest BCUT2D eigenvalue weighted by Gasteiger charge is 2.26. The third-order valence-electron chi connectivity index (χ3n) is 5.49. The Morgan fingerprint density at radius 1 is 1.04 bits per heavy atom. The maximum atomic E-state index is 15.0. The topological polar surface area (TPSA) is 18.5 Å². The van der Waals surface area contributed by atoms with Gasteiger partial charge in [0.05, 0.1) is 17.7 Å². The summed E-state index contributed by atoms with van der Waals surface area (Å²) >= 11 is 6.46. The Morgan fingerprint density at radius 2 is 1.74 bits per heavy atom. The molecule has 0 radical (unpaired) electrons. The largest absolute Gasteiger partial charge is 0.384 e. The number of hydrogen-bond donors (Lipinski definition) is 0. The molecule has 2 aromatic rings. The fourth-order valence-electron chi connectivity index (χ4n) is 3.95. The molecule has 0 unspecified atom stereocenters. The smallest absolute Gasteiger partial charge is 0.149 e. The Morgan fingerprint density at radius 3 is 2.37 bits per heavy atom. The molecule has 0 atom stereocenters. The summed E-state index contributed by atoms with van der Waals surface area (Å²) in [4.78, 5) is 0. The number of halogens is 2. The lowest BCUT2D eigenvalue weighted by molar-refractivity contribution is 0.0328. The first-order chi connectivity index (χ1) is 13.1. The molecule has 1 fully saturated rings. The van der Waals surface area contributed by atoms with Gasteiger partial charge in [0, 0.05) is 19.3 Å². The average molecular weight is 391 g/mol. The van der Waals surface area contributed by atoms with Crippen molar-refractivity contribution < 1.29 is 13.9 Å². The van der Waals surface area contributed by atoms with Gasteiger partial charge >= 0.3 is 0 Å². The summed E-state index contributed by atoms with van der Waals surface area (Å²) in [6, 6.07) is 11.8. The van der Waals surface area contributed by atoms with E-state index < -0.39 is 0 Å². The molecule has 1 aliphatic carbocycles. The van der Waals surface area contributed by atoms with E-state index in [2.05, 4.69) is 0 Å². The minimum Gasteiger partial charge on any atom is -0.384 e. The predicted octanol–water partition coefficient (Wildman–Crippen LogP) is 6.40. The summed E-state index contributed by atoms with van der Waals surface area (Å²) in [5.74, 6) is -0.0000779. The first-order valence-corrected chi connectivity index (χ1v) is 10.2. The second-order valence-corrected chi connectivity index (χ2v) is 7.58. The van der Waals surface area contributed by atoms with Crippen molar-refractivity contribution in [3.05, 3.63) is 58.4 Å². The van der Waals surface area contributed by atoms with Gasteiger partial charge in [-0.25, -0.2) is 4.39 Å². The Bertz CT molecular complexity index is 737. The van der Waals surface area contributed by atoms with E-state index in [9.17, 15) is 0 Å². The third kappa shape index (κ3) is 4.90. The van der Waals surface area contributed by atoms with Crippen molar-refractivity contribution in [1.29, 1.82) is 0 Å². The zero-order chi connectivity index (χ0) is 19.2. The van der Waals surface area contributed by atoms with Gasteiger partial charge in [-0.15, -0.1) is 0 Å². The Hall–Kier alpha value is -1.42. The first kappa shape index (κ1) is 20.3. The zero-order valence-electron chi connectivity index (χ0n) is 16.1. The van der Waals surface area contributed by atoms with Gasteiger partial charge in [-0.3, -0.25) is 0 Å². The Balaban J connectivity index is 1.75. The van der Waals surface area contributed by atoms with Crippen molar-refractivity contribution >= 4 is 11.6 Å². The molecule has 4 heteroatoms. The summed E-state index contributed by atoms with van der Waals surface area (Å²) in [5.41, 5.74) is 3.52. The van der Waals surface area contributed by atoms with E-state index in [-0.39, 0.29) is 10.8 Å². The van der Waals surface area contributed by atoms with Gasteiger partial charge < -0.3 is 9.47 Å². The van der Waals surface area contributed by atoms with Crippen molar-refractivity contribution in [2.24, 2.45) is 0 Å². The molecule has 27 heavy (non-hydrogen) atoms. The minimum atomic E-state index is -0.314. The summed E-state index contributed by atoms with van der Waals surface area (Å²) in [5, 5.41) is 0.274. The molecule has 0 amide bonds. The molecule has 0 spiro atoms. The molecule has 2 aromatic carbocycles. The van der Waals surface area contributed by atoms with Crippen LogP contribution in [0.15, 0.2) is 36.4 Å². The molecule has 0 N–H and O–H groups in total. The molecule has 1 saturated carbocycles. The number of rotatable bonds is 7. The number of ether oxygens (including phenoxy) is 2. The number of methoxy groups -OCH3 is 1. The fraction of sp³-hybridized carbons (Fsp3) is 0.478. The maximum Gasteiger partial charge on any atom is 0.149 e. The van der Waals surface area contributed by atoms with Crippen LogP contribution in [0.4, 0.5) is 4.39 Å². The fourth-order valence-corrected chi connectivity index (χ4v) is 4.27.